The summed E-state index contributed by atoms with van der Waals surface area (Å²) < 4.78 is 2.48. The van der Waals surface area contributed by atoms with Gasteiger partial charge < -0.3 is 0 Å². The summed E-state index contributed by atoms with van der Waals surface area (Å²) in [5.74, 6) is 0. The monoisotopic (exact) mass is 897 g/mol. The van der Waals surface area contributed by atoms with Crippen molar-refractivity contribution >= 4 is 64.0 Å². The van der Waals surface area contributed by atoms with E-state index in [9.17, 15) is 0 Å². The molecule has 0 bridgehead atoms. The predicted molar refractivity (Wildman–Crippen MR) is 194 cm³/mol. The maximum atomic E-state index is 3.08. The summed E-state index contributed by atoms with van der Waals surface area (Å²) in [6, 6.07) is 0. The Morgan fingerprint density at radius 1 is 0.444 bits per heavy atom. The van der Waals surface area contributed by atoms with Gasteiger partial charge >= 0.3 is 149 Å². The molecule has 0 N–H and O–H groups in total. The van der Waals surface area contributed by atoms with Crippen molar-refractivity contribution in [2.24, 2.45) is 0 Å². The summed E-state index contributed by atoms with van der Waals surface area (Å²) in [5, 5.41) is 0. The molecule has 0 rings (SSSR count). The first kappa shape index (κ1) is 41.4. The van der Waals surface area contributed by atoms with Crippen LogP contribution < -0.4 is 0 Å². The van der Waals surface area contributed by atoms with Crippen LogP contribution in [-0.2, 0) is 15.5 Å². The van der Waals surface area contributed by atoms with E-state index in [0.29, 0.717) is 0 Å². The van der Waals surface area contributed by atoms with Crippen LogP contribution >= 0.6 is 15.8 Å². The molecule has 0 nitrogen and oxygen atoms in total. The van der Waals surface area contributed by atoms with Gasteiger partial charge in [-0.15, -0.1) is 0 Å². The Hall–Kier alpha value is 3.21. The van der Waals surface area contributed by atoms with E-state index in [1.54, 1.807) is 12.3 Å². The van der Waals surface area contributed by atoms with Crippen molar-refractivity contribution in [3.63, 3.8) is 0 Å². The summed E-state index contributed by atoms with van der Waals surface area (Å²) in [4.78, 5) is 0. The molecule has 0 spiro atoms. The summed E-state index contributed by atoms with van der Waals surface area (Å²) >= 11 is 1.69. The normalized spacial score (nSPS) is 14.3. The minimum atomic E-state index is -1.39. The topological polar surface area (TPSA) is 0 Å². The molecule has 0 fully saturated rings. The molecule has 0 atom stereocenters. The zero-order valence-electron chi connectivity index (χ0n) is 28.7. The first-order valence-electron chi connectivity index (χ1n) is 14.9. The molecule has 0 unspecified atom stereocenters. The van der Waals surface area contributed by atoms with Crippen molar-refractivity contribution in [3.05, 3.63) is 0 Å². The Kier molecular flexibility index (Phi) is 19.2. The van der Waals surface area contributed by atoms with Crippen LogP contribution in [0, 0.1) is 0 Å². The number of hydrogen-bond donors (Lipinski definition) is 0. The first-order chi connectivity index (χ1) is 15.7. The molecule has 0 aliphatic heterocycles. The van der Waals surface area contributed by atoms with E-state index in [1.165, 1.54) is 6.36 Å². The van der Waals surface area contributed by atoms with E-state index in [0.717, 1.165) is 22.6 Å². The zero-order valence-corrected chi connectivity index (χ0v) is 39.8. The van der Waals surface area contributed by atoms with Gasteiger partial charge in [-0.1, -0.05) is 0 Å². The second kappa shape index (κ2) is 16.7. The van der Waals surface area contributed by atoms with Gasteiger partial charge in [-0.2, -0.15) is 0 Å². The molecule has 0 aromatic carbocycles. The van der Waals surface area contributed by atoms with E-state index in [-0.39, 0.29) is 15.8 Å². The summed E-state index contributed by atoms with van der Waals surface area (Å²) in [7, 11) is -4.30. The summed E-state index contributed by atoms with van der Waals surface area (Å²) in [6.07, 6.45) is 3.12. The maximum absolute atomic E-state index is 3.08. The van der Waals surface area contributed by atoms with E-state index < -0.39 is 48.2 Å². The van der Waals surface area contributed by atoms with Gasteiger partial charge in [-0.05, 0) is 55.4 Å². The molecule has 0 saturated carbocycles. The molecule has 0 aromatic heterocycles. The zero-order chi connectivity index (χ0) is 29.6. The fourth-order valence-corrected chi connectivity index (χ4v) is 154. The molecular formula is C28H72P2PtSi4Sn+2. The van der Waals surface area contributed by atoms with Crippen LogP contribution in [0.1, 0.15) is 55.4 Å². The second-order valence-electron chi connectivity index (χ2n) is 16.9. The Balaban J connectivity index is 0. The Morgan fingerprint density at radius 2 is 0.611 bits per heavy atom. The molecule has 0 aliphatic rings. The standard InChI is InChI=1S/C14H32P2.2C7H19Si2.Pt.Sn/c1-11(2)15(12(3)4)9-10-16(13(5)6)14(7)8;2*1-8(2,3)7-9(4,5)6;;/h11-14H,9-10H2,1-8H3;2*7H,1-6H3;;/p+2. The third-order valence-corrected chi connectivity index (χ3v) is 99.0. The molecule has 36 heavy (non-hydrogen) atoms. The average Bonchev–Trinajstić information content (AvgIpc) is 2.51. The van der Waals surface area contributed by atoms with Crippen LogP contribution in [-0.4, -0.2) is 83.2 Å². The Bertz CT molecular complexity index is 544. The van der Waals surface area contributed by atoms with Crippen molar-refractivity contribution < 1.29 is 15.5 Å². The van der Waals surface area contributed by atoms with Gasteiger partial charge in [0, 0.05) is 15.8 Å². The van der Waals surface area contributed by atoms with Crippen molar-refractivity contribution in [3.8, 4) is 0 Å². The van der Waals surface area contributed by atoms with Crippen LogP contribution in [0.3, 0.4) is 0 Å². The van der Waals surface area contributed by atoms with Gasteiger partial charge in [-0.25, -0.2) is 0 Å². The fraction of sp³-hybridized carbons (Fsp3) is 1.00. The predicted octanol–water partition coefficient (Wildman–Crippen LogP) is 10.8. The van der Waals surface area contributed by atoms with Gasteiger partial charge in [0.25, 0.3) is 0 Å². The third-order valence-electron chi connectivity index (χ3n) is 7.65. The van der Waals surface area contributed by atoms with Crippen LogP contribution in [0.5, 0.6) is 0 Å². The molecule has 0 amide bonds. The second-order valence-corrected chi connectivity index (χ2v) is 67.9. The van der Waals surface area contributed by atoms with Crippen LogP contribution in [0.25, 0.3) is 0 Å². The minimum absolute atomic E-state index is 0.114. The first-order valence-corrected chi connectivity index (χ1v) is 44.7. The number of rotatable bonds is 13. The molecular weight excluding hydrogens is 824 g/mol. The Morgan fingerprint density at radius 3 is 0.722 bits per heavy atom. The SMILES string of the molecule is CC(C)[PH+](CC[PH+](C(C)C)C(C)C)C(C)C.C[Si](C)(C)[CH]([Sn](=[Pt])[CH]([Si](C)(C)C)[Si](C)(C)C)[Si](C)(C)C. The third kappa shape index (κ3) is 15.4. The van der Waals surface area contributed by atoms with Crippen LogP contribution in [0.4, 0.5) is 0 Å². The molecule has 0 heterocycles. The van der Waals surface area contributed by atoms with Crippen LogP contribution in [0.2, 0.25) is 84.9 Å². The van der Waals surface area contributed by atoms with Gasteiger partial charge in [0.2, 0.25) is 0 Å². The van der Waals surface area contributed by atoms with Crippen molar-refractivity contribution in [1.29, 1.82) is 0 Å². The average molecular weight is 897 g/mol. The van der Waals surface area contributed by atoms with Crippen molar-refractivity contribution in [2.45, 2.75) is 163 Å². The van der Waals surface area contributed by atoms with E-state index in [1.807, 2.05) is 0 Å². The molecule has 0 saturated heterocycles. The quantitative estimate of drug-likeness (QED) is 0.128. The van der Waals surface area contributed by atoms with Gasteiger partial charge in [-0.3, -0.25) is 0 Å². The van der Waals surface area contributed by atoms with E-state index >= 15 is 0 Å². The fourth-order valence-electron chi connectivity index (χ4n) is 7.09. The molecule has 8 heteroatoms. The molecule has 222 valence electrons. The van der Waals surface area contributed by atoms with Gasteiger partial charge in [0.15, 0.2) is 0 Å². The molecule has 0 aliphatic carbocycles. The Labute approximate surface area is 252 Å². The van der Waals surface area contributed by atoms with E-state index in [4.69, 9.17) is 0 Å². The van der Waals surface area contributed by atoms with Gasteiger partial charge in [0.1, 0.15) is 0 Å². The van der Waals surface area contributed by atoms with Crippen LogP contribution in [0.15, 0.2) is 0 Å². The summed E-state index contributed by atoms with van der Waals surface area (Å²) in [6.45, 7) is 51.5. The van der Waals surface area contributed by atoms with Crippen molar-refractivity contribution in [1.82, 2.24) is 0 Å². The van der Waals surface area contributed by atoms with Crippen molar-refractivity contribution in [2.75, 3.05) is 12.3 Å². The number of hydrogen-bond acceptors (Lipinski definition) is 0. The van der Waals surface area contributed by atoms with Gasteiger partial charge in [0.05, 0.1) is 35.0 Å². The molecule has 0 aromatic rings. The molecule has 0 radical (unpaired) electrons. The summed E-state index contributed by atoms with van der Waals surface area (Å²) in [5.41, 5.74) is 3.81. The van der Waals surface area contributed by atoms with E-state index in [2.05, 4.69) is 149 Å².